The van der Waals surface area contributed by atoms with Gasteiger partial charge in [-0.15, -0.1) is 0 Å². The normalized spacial score (nSPS) is 10.6. The summed E-state index contributed by atoms with van der Waals surface area (Å²) in [6.07, 6.45) is 0. The molecule has 0 saturated carbocycles. The fourth-order valence-corrected chi connectivity index (χ4v) is 2.52. The van der Waals surface area contributed by atoms with E-state index in [9.17, 15) is 9.18 Å². The minimum absolute atomic E-state index is 0.0276. The number of rotatable bonds is 3. The van der Waals surface area contributed by atoms with Crippen molar-refractivity contribution >= 4 is 64.0 Å². The van der Waals surface area contributed by atoms with Crippen molar-refractivity contribution in [3.05, 3.63) is 60.5 Å². The van der Waals surface area contributed by atoms with Crippen molar-refractivity contribution in [2.24, 2.45) is 0 Å². The zero-order valence-electron chi connectivity index (χ0n) is 10.5. The Bertz CT molecular complexity index is 733. The van der Waals surface area contributed by atoms with Gasteiger partial charge in [0.2, 0.25) is 0 Å². The average molecular weight is 403 g/mol. The zero-order valence-corrected chi connectivity index (χ0v) is 14.3. The molecule has 0 unspecified atom stereocenters. The summed E-state index contributed by atoms with van der Waals surface area (Å²) < 4.78 is 18.5. The van der Waals surface area contributed by atoms with Crippen LogP contribution in [0.5, 0.6) is 0 Å². The Morgan fingerprint density at radius 3 is 2.41 bits per heavy atom. The van der Waals surface area contributed by atoms with Crippen LogP contribution in [0.25, 0.3) is 0 Å². The molecule has 2 aromatic rings. The maximum absolute atomic E-state index is 13.6. The van der Waals surface area contributed by atoms with Gasteiger partial charge < -0.3 is 4.74 Å². The lowest BCUT2D eigenvalue weighted by molar-refractivity contribution is 0.0462. The number of ether oxygens (including phenoxy) is 1. The molecule has 0 fully saturated rings. The van der Waals surface area contributed by atoms with Crippen LogP contribution >= 0.6 is 58.0 Å². The number of esters is 1. The van der Waals surface area contributed by atoms with E-state index < -0.39 is 18.4 Å². The smallest absolute Gasteiger partial charge is 0.358 e. The molecule has 0 saturated heterocycles. The van der Waals surface area contributed by atoms with Gasteiger partial charge in [0.15, 0.2) is 5.69 Å². The zero-order chi connectivity index (χ0) is 16.4. The maximum atomic E-state index is 13.6. The number of carbonyl (C=O) groups is 1. The van der Waals surface area contributed by atoms with Crippen LogP contribution in [0.15, 0.2) is 18.2 Å². The Kier molecular flexibility index (Phi) is 5.75. The Morgan fingerprint density at radius 1 is 1.09 bits per heavy atom. The SMILES string of the molecule is O=C(OCc1c(F)cccc1Cl)c1nc(Cl)c(Cl)c(Cl)c1Cl. The predicted octanol–water partition coefficient (Wildman–Crippen LogP) is 5.84. The van der Waals surface area contributed by atoms with Gasteiger partial charge in [-0.05, 0) is 12.1 Å². The van der Waals surface area contributed by atoms with Crippen molar-refractivity contribution in [3.63, 3.8) is 0 Å². The van der Waals surface area contributed by atoms with Crippen LogP contribution in [-0.4, -0.2) is 11.0 Å². The third-order valence-corrected chi connectivity index (χ3v) is 4.62. The van der Waals surface area contributed by atoms with Crippen LogP contribution in [0, 0.1) is 5.82 Å². The molecule has 116 valence electrons. The molecule has 0 spiro atoms. The minimum Gasteiger partial charge on any atom is -0.456 e. The number of hydrogen-bond donors (Lipinski definition) is 0. The van der Waals surface area contributed by atoms with E-state index in [1.165, 1.54) is 18.2 Å². The molecule has 1 heterocycles. The number of nitrogens with zero attached hydrogens (tertiary/aromatic N) is 1. The summed E-state index contributed by atoms with van der Waals surface area (Å²) in [6.45, 7) is -0.403. The summed E-state index contributed by atoms with van der Waals surface area (Å²) >= 11 is 29.0. The molecule has 0 bridgehead atoms. The fraction of sp³-hybridized carbons (Fsp3) is 0.0769. The topological polar surface area (TPSA) is 39.2 Å². The molecule has 1 aromatic carbocycles. The van der Waals surface area contributed by atoms with Crippen LogP contribution in [0.4, 0.5) is 4.39 Å². The number of aromatic nitrogens is 1. The van der Waals surface area contributed by atoms with Crippen molar-refractivity contribution in [1.82, 2.24) is 4.98 Å². The Hall–Kier alpha value is -0.780. The van der Waals surface area contributed by atoms with Gasteiger partial charge in [-0.3, -0.25) is 0 Å². The average Bonchev–Trinajstić information content (AvgIpc) is 2.48. The van der Waals surface area contributed by atoms with Crippen molar-refractivity contribution in [2.45, 2.75) is 6.61 Å². The van der Waals surface area contributed by atoms with Crippen LogP contribution in [0.2, 0.25) is 25.2 Å². The van der Waals surface area contributed by atoms with Gasteiger partial charge in [-0.2, -0.15) is 0 Å². The number of hydrogen-bond acceptors (Lipinski definition) is 3. The van der Waals surface area contributed by atoms with Crippen molar-refractivity contribution in [1.29, 1.82) is 0 Å². The number of pyridine rings is 1. The van der Waals surface area contributed by atoms with Crippen molar-refractivity contribution in [3.8, 4) is 0 Å². The molecule has 22 heavy (non-hydrogen) atoms. The lowest BCUT2D eigenvalue weighted by Gasteiger charge is -2.09. The lowest BCUT2D eigenvalue weighted by Crippen LogP contribution is -2.10. The second-order valence-corrected chi connectivity index (χ2v) is 5.87. The Balaban J connectivity index is 2.24. The number of benzene rings is 1. The van der Waals surface area contributed by atoms with E-state index in [4.69, 9.17) is 62.7 Å². The van der Waals surface area contributed by atoms with Crippen LogP contribution in [-0.2, 0) is 11.3 Å². The molecule has 0 aliphatic carbocycles. The summed E-state index contributed by atoms with van der Waals surface area (Å²) in [6, 6.07) is 4.09. The molecule has 0 amide bonds. The van der Waals surface area contributed by atoms with E-state index in [0.29, 0.717) is 0 Å². The molecule has 0 aliphatic heterocycles. The molecule has 0 atom stereocenters. The fourth-order valence-electron chi connectivity index (χ4n) is 1.50. The van der Waals surface area contributed by atoms with Gasteiger partial charge in [0, 0.05) is 5.56 Å². The molecule has 2 rings (SSSR count). The summed E-state index contributed by atoms with van der Waals surface area (Å²) in [7, 11) is 0. The summed E-state index contributed by atoms with van der Waals surface area (Å²) in [4.78, 5) is 15.7. The highest BCUT2D eigenvalue weighted by molar-refractivity contribution is 6.52. The maximum Gasteiger partial charge on any atom is 0.358 e. The third kappa shape index (κ3) is 3.58. The second kappa shape index (κ2) is 7.20. The summed E-state index contributed by atoms with van der Waals surface area (Å²) in [5.74, 6) is -1.55. The van der Waals surface area contributed by atoms with Gasteiger partial charge in [-0.1, -0.05) is 64.1 Å². The first-order valence-electron chi connectivity index (χ1n) is 5.63. The highest BCUT2D eigenvalue weighted by Crippen LogP contribution is 2.36. The van der Waals surface area contributed by atoms with Crippen molar-refractivity contribution < 1.29 is 13.9 Å². The van der Waals surface area contributed by atoms with E-state index >= 15 is 0 Å². The quantitative estimate of drug-likeness (QED) is 0.477. The molecular weight excluding hydrogens is 398 g/mol. The van der Waals surface area contributed by atoms with Crippen LogP contribution in [0.3, 0.4) is 0 Å². The second-order valence-electron chi connectivity index (χ2n) is 3.97. The Morgan fingerprint density at radius 2 is 1.77 bits per heavy atom. The number of carbonyl (C=O) groups excluding carboxylic acids is 1. The summed E-state index contributed by atoms with van der Waals surface area (Å²) in [5.41, 5.74) is -0.298. The highest BCUT2D eigenvalue weighted by atomic mass is 35.5. The molecule has 3 nitrogen and oxygen atoms in total. The molecule has 0 N–H and O–H groups in total. The van der Waals surface area contributed by atoms with E-state index in [-0.39, 0.29) is 36.5 Å². The van der Waals surface area contributed by atoms with Crippen molar-refractivity contribution in [2.75, 3.05) is 0 Å². The van der Waals surface area contributed by atoms with E-state index in [0.717, 1.165) is 0 Å². The Labute approximate surface area is 149 Å². The standard InChI is InChI=1S/C13H5Cl5FNO2/c14-6-2-1-3-7(19)5(6)4-22-13(21)11-9(16)8(15)10(17)12(18)20-11/h1-3H,4H2. The monoisotopic (exact) mass is 401 g/mol. The summed E-state index contributed by atoms with van der Waals surface area (Å²) in [5, 5.41) is -0.493. The third-order valence-electron chi connectivity index (χ3n) is 2.59. The first-order chi connectivity index (χ1) is 10.3. The molecule has 0 radical (unpaired) electrons. The van der Waals surface area contributed by atoms with Crippen LogP contribution in [0.1, 0.15) is 16.1 Å². The predicted molar refractivity (Wildman–Crippen MR) is 84.8 cm³/mol. The number of halogens is 6. The van der Waals surface area contributed by atoms with Gasteiger partial charge in [0.05, 0.1) is 20.1 Å². The van der Waals surface area contributed by atoms with E-state index in [2.05, 4.69) is 4.98 Å². The largest absolute Gasteiger partial charge is 0.456 e. The van der Waals surface area contributed by atoms with Gasteiger partial charge in [-0.25, -0.2) is 14.2 Å². The minimum atomic E-state index is -0.940. The molecule has 1 aromatic heterocycles. The highest BCUT2D eigenvalue weighted by Gasteiger charge is 2.22. The van der Waals surface area contributed by atoms with Crippen LogP contribution < -0.4 is 0 Å². The molecular formula is C13H5Cl5FNO2. The van der Waals surface area contributed by atoms with E-state index in [1.807, 2.05) is 0 Å². The van der Waals surface area contributed by atoms with Gasteiger partial charge in [0.1, 0.15) is 17.6 Å². The first kappa shape index (κ1) is 17.6. The molecule has 9 heteroatoms. The van der Waals surface area contributed by atoms with E-state index in [1.54, 1.807) is 0 Å². The molecule has 0 aliphatic rings. The first-order valence-corrected chi connectivity index (χ1v) is 7.52. The lowest BCUT2D eigenvalue weighted by atomic mass is 10.2. The van der Waals surface area contributed by atoms with Gasteiger partial charge in [0.25, 0.3) is 0 Å². The van der Waals surface area contributed by atoms with Gasteiger partial charge >= 0.3 is 5.97 Å².